The van der Waals surface area contributed by atoms with Gasteiger partial charge >= 0.3 is 0 Å². The predicted octanol–water partition coefficient (Wildman–Crippen LogP) is 4.38. The quantitative estimate of drug-likeness (QED) is 0.733. The molecular formula is C18H17N3OS2. The first-order valence-electron chi connectivity index (χ1n) is 7.95. The Bertz CT molecular complexity index is 869. The van der Waals surface area contributed by atoms with Gasteiger partial charge in [-0.05, 0) is 56.3 Å². The third kappa shape index (κ3) is 3.40. The normalized spacial score (nSPS) is 14.8. The number of carbonyl (C=O) groups is 1. The molecule has 1 amide bonds. The van der Waals surface area contributed by atoms with Crippen molar-refractivity contribution in [2.45, 2.75) is 12.8 Å². The molecule has 0 unspecified atom stereocenters. The Balaban J connectivity index is 1.48. The van der Waals surface area contributed by atoms with Gasteiger partial charge < -0.3 is 5.32 Å². The Hall–Kier alpha value is -2.02. The lowest BCUT2D eigenvalue weighted by atomic mass is 10.1. The fourth-order valence-corrected chi connectivity index (χ4v) is 4.49. The summed E-state index contributed by atoms with van der Waals surface area (Å²) in [6.45, 7) is 2.09. The van der Waals surface area contributed by atoms with Crippen molar-refractivity contribution in [2.75, 3.05) is 18.4 Å². The van der Waals surface area contributed by atoms with Crippen molar-refractivity contribution in [3.8, 4) is 0 Å². The fourth-order valence-electron chi connectivity index (χ4n) is 2.73. The van der Waals surface area contributed by atoms with E-state index in [1.54, 1.807) is 0 Å². The summed E-state index contributed by atoms with van der Waals surface area (Å²) in [6.07, 6.45) is 4.40. The number of carbonyl (C=O) groups excluding carboxylic acids is 1. The van der Waals surface area contributed by atoms with E-state index in [1.165, 1.54) is 28.2 Å². The third-order valence-electron chi connectivity index (χ3n) is 3.96. The fraction of sp³-hybridized carbons (Fsp3) is 0.222. The van der Waals surface area contributed by atoms with E-state index in [2.05, 4.69) is 21.7 Å². The van der Waals surface area contributed by atoms with Gasteiger partial charge in [-0.15, -0.1) is 11.3 Å². The number of hydrogen-bond acceptors (Lipinski definition) is 5. The van der Waals surface area contributed by atoms with Crippen LogP contribution in [0.5, 0.6) is 0 Å². The number of rotatable bonds is 3. The van der Waals surface area contributed by atoms with Crippen molar-refractivity contribution in [3.05, 3.63) is 51.7 Å². The smallest absolute Gasteiger partial charge is 0.267 e. The zero-order valence-electron chi connectivity index (χ0n) is 13.0. The molecule has 0 spiro atoms. The average molecular weight is 355 g/mol. The third-order valence-corrected chi connectivity index (χ3v) is 5.94. The zero-order valence-corrected chi connectivity index (χ0v) is 14.7. The van der Waals surface area contributed by atoms with E-state index in [0.29, 0.717) is 5.13 Å². The van der Waals surface area contributed by atoms with Crippen LogP contribution in [0, 0.1) is 0 Å². The summed E-state index contributed by atoms with van der Waals surface area (Å²) in [6, 6.07) is 11.8. The van der Waals surface area contributed by atoms with Crippen molar-refractivity contribution in [2.24, 2.45) is 0 Å². The molecule has 1 fully saturated rings. The molecule has 24 heavy (non-hydrogen) atoms. The first kappa shape index (κ1) is 15.5. The van der Waals surface area contributed by atoms with E-state index in [0.717, 1.165) is 45.9 Å². The number of hydrogen-bond donors (Lipinski definition) is 2. The van der Waals surface area contributed by atoms with E-state index in [1.807, 2.05) is 36.4 Å². The van der Waals surface area contributed by atoms with Crippen LogP contribution >= 0.6 is 22.7 Å². The van der Waals surface area contributed by atoms with Gasteiger partial charge in [0.1, 0.15) is 0 Å². The Kier molecular flexibility index (Phi) is 4.42. The molecule has 4 nitrogen and oxygen atoms in total. The number of fused-ring (bicyclic) bond motifs is 1. The summed E-state index contributed by atoms with van der Waals surface area (Å²) in [5.74, 6) is -0.0889. The van der Waals surface area contributed by atoms with Crippen LogP contribution < -0.4 is 10.6 Å². The molecular weight excluding hydrogens is 338 g/mol. The molecule has 0 saturated carbocycles. The van der Waals surface area contributed by atoms with Crippen LogP contribution in [-0.4, -0.2) is 24.0 Å². The lowest BCUT2D eigenvalue weighted by Crippen LogP contribution is -2.22. The van der Waals surface area contributed by atoms with E-state index in [4.69, 9.17) is 0 Å². The van der Waals surface area contributed by atoms with Gasteiger partial charge in [0, 0.05) is 4.88 Å². The molecule has 0 radical (unpaired) electrons. The molecule has 1 aromatic carbocycles. The molecule has 1 saturated heterocycles. The zero-order chi connectivity index (χ0) is 16.4. The molecule has 2 N–H and O–H groups in total. The molecule has 122 valence electrons. The van der Waals surface area contributed by atoms with Crippen LogP contribution in [0.2, 0.25) is 0 Å². The van der Waals surface area contributed by atoms with Gasteiger partial charge in [0.05, 0.1) is 15.1 Å². The number of benzene rings is 1. The molecule has 4 rings (SSSR count). The van der Waals surface area contributed by atoms with Gasteiger partial charge in [-0.25, -0.2) is 4.98 Å². The van der Waals surface area contributed by atoms with Crippen molar-refractivity contribution < 1.29 is 4.79 Å². The molecule has 0 atom stereocenters. The second kappa shape index (κ2) is 6.84. The summed E-state index contributed by atoms with van der Waals surface area (Å²) >= 11 is 3.03. The summed E-state index contributed by atoms with van der Waals surface area (Å²) in [5.41, 5.74) is 2.37. The molecule has 3 aromatic rings. The van der Waals surface area contributed by atoms with Gasteiger partial charge in [0.25, 0.3) is 5.91 Å². The molecule has 0 aliphatic carbocycles. The SMILES string of the molecule is O=C(Nc1nc2ccccc2s1)c1ccc(C=C2CCNCC2)s1. The first-order chi connectivity index (χ1) is 11.8. The summed E-state index contributed by atoms with van der Waals surface area (Å²) < 4.78 is 1.08. The van der Waals surface area contributed by atoms with Gasteiger partial charge in [-0.1, -0.05) is 29.0 Å². The molecule has 1 aliphatic heterocycles. The maximum atomic E-state index is 12.4. The number of anilines is 1. The summed E-state index contributed by atoms with van der Waals surface area (Å²) in [4.78, 5) is 18.7. The number of piperidine rings is 1. The van der Waals surface area contributed by atoms with Crippen LogP contribution in [0.1, 0.15) is 27.4 Å². The molecule has 2 aromatic heterocycles. The van der Waals surface area contributed by atoms with Crippen molar-refractivity contribution in [1.29, 1.82) is 0 Å². The van der Waals surface area contributed by atoms with E-state index >= 15 is 0 Å². The highest BCUT2D eigenvalue weighted by Gasteiger charge is 2.12. The standard InChI is InChI=1S/C18H17N3OS2/c22-17(21-18-20-14-3-1-2-4-15(14)24-18)16-6-5-13(23-16)11-12-7-9-19-10-8-12/h1-6,11,19H,7-10H2,(H,20,21,22). The monoisotopic (exact) mass is 355 g/mol. The van der Waals surface area contributed by atoms with Crippen LogP contribution in [0.25, 0.3) is 16.3 Å². The maximum absolute atomic E-state index is 12.4. The van der Waals surface area contributed by atoms with E-state index < -0.39 is 0 Å². The number of thiazole rings is 1. The van der Waals surface area contributed by atoms with Crippen molar-refractivity contribution >= 4 is 50.0 Å². The Labute approximate surface area is 148 Å². The minimum Gasteiger partial charge on any atom is -0.316 e. The van der Waals surface area contributed by atoms with Crippen molar-refractivity contribution in [3.63, 3.8) is 0 Å². The molecule has 1 aliphatic rings. The lowest BCUT2D eigenvalue weighted by molar-refractivity contribution is 0.103. The van der Waals surface area contributed by atoms with E-state index in [-0.39, 0.29) is 5.91 Å². The van der Waals surface area contributed by atoms with Crippen LogP contribution in [0.4, 0.5) is 5.13 Å². The second-order valence-electron chi connectivity index (χ2n) is 5.70. The molecule has 3 heterocycles. The molecule has 6 heteroatoms. The topological polar surface area (TPSA) is 54.0 Å². The lowest BCUT2D eigenvalue weighted by Gasteiger charge is -2.14. The number of aromatic nitrogens is 1. The highest BCUT2D eigenvalue weighted by Crippen LogP contribution is 2.27. The van der Waals surface area contributed by atoms with Crippen LogP contribution in [-0.2, 0) is 0 Å². The minimum atomic E-state index is -0.0889. The van der Waals surface area contributed by atoms with Gasteiger partial charge in [0.15, 0.2) is 5.13 Å². The number of nitrogens with zero attached hydrogens (tertiary/aromatic N) is 1. The number of thiophene rings is 1. The summed E-state index contributed by atoms with van der Waals surface area (Å²) in [5, 5.41) is 6.91. The highest BCUT2D eigenvalue weighted by atomic mass is 32.1. The second-order valence-corrected chi connectivity index (χ2v) is 7.84. The van der Waals surface area contributed by atoms with Gasteiger partial charge in [0.2, 0.25) is 0 Å². The van der Waals surface area contributed by atoms with Gasteiger partial charge in [-0.2, -0.15) is 0 Å². The Morgan fingerprint density at radius 1 is 1.12 bits per heavy atom. The average Bonchev–Trinajstić information content (AvgIpc) is 3.22. The van der Waals surface area contributed by atoms with Crippen molar-refractivity contribution in [1.82, 2.24) is 10.3 Å². The number of nitrogens with one attached hydrogen (secondary N) is 2. The number of amides is 1. The van der Waals surface area contributed by atoms with E-state index in [9.17, 15) is 4.79 Å². The largest absolute Gasteiger partial charge is 0.316 e. The Morgan fingerprint density at radius 2 is 1.96 bits per heavy atom. The maximum Gasteiger partial charge on any atom is 0.267 e. The highest BCUT2D eigenvalue weighted by molar-refractivity contribution is 7.22. The summed E-state index contributed by atoms with van der Waals surface area (Å²) in [7, 11) is 0. The number of para-hydroxylation sites is 1. The van der Waals surface area contributed by atoms with Gasteiger partial charge in [-0.3, -0.25) is 10.1 Å². The predicted molar refractivity (Wildman–Crippen MR) is 102 cm³/mol. The Morgan fingerprint density at radius 3 is 2.79 bits per heavy atom. The first-order valence-corrected chi connectivity index (χ1v) is 9.58. The molecule has 0 bridgehead atoms. The van der Waals surface area contributed by atoms with Crippen LogP contribution in [0.3, 0.4) is 0 Å². The van der Waals surface area contributed by atoms with Crippen LogP contribution in [0.15, 0.2) is 42.0 Å². The minimum absolute atomic E-state index is 0.0889.